The second kappa shape index (κ2) is 5.16. The molecule has 84 valence electrons. The quantitative estimate of drug-likeness (QED) is 0.847. The van der Waals surface area contributed by atoms with Gasteiger partial charge in [-0.1, -0.05) is 11.6 Å². The molecule has 0 aliphatic carbocycles. The number of benzene rings is 1. The fourth-order valence-electron chi connectivity index (χ4n) is 1.04. The molecule has 0 heterocycles. The van der Waals surface area contributed by atoms with Crippen LogP contribution in [0.3, 0.4) is 0 Å². The average molecular weight is 269 g/mol. The largest absolute Gasteiger partial charge is 0.391 e. The Hall–Kier alpha value is -0.290. The summed E-state index contributed by atoms with van der Waals surface area (Å²) in [4.78, 5) is 0.135. The van der Waals surface area contributed by atoms with E-state index < -0.39 is 15.9 Å². The highest BCUT2D eigenvalue weighted by Crippen LogP contribution is 2.16. The zero-order chi connectivity index (χ0) is 11.5. The van der Waals surface area contributed by atoms with Crippen LogP contribution >= 0.6 is 23.2 Å². The number of aliphatic hydroxyl groups excluding tert-OH is 1. The summed E-state index contributed by atoms with van der Waals surface area (Å²) in [6.07, 6.45) is -1.05. The molecule has 3 nitrogen and oxygen atoms in total. The Balaban J connectivity index is 2.91. The van der Waals surface area contributed by atoms with Crippen molar-refractivity contribution in [3.8, 4) is 0 Å². The first-order valence-electron chi connectivity index (χ1n) is 4.18. The number of rotatable bonds is 4. The van der Waals surface area contributed by atoms with Crippen LogP contribution in [0.25, 0.3) is 0 Å². The fraction of sp³-hybridized carbons (Fsp3) is 0.333. The lowest BCUT2D eigenvalue weighted by atomic mass is 10.4. The van der Waals surface area contributed by atoms with E-state index in [-0.39, 0.29) is 16.5 Å². The minimum absolute atomic E-state index is 0.104. The lowest BCUT2D eigenvalue weighted by molar-refractivity contribution is 0.221. The van der Waals surface area contributed by atoms with Crippen LogP contribution in [0.5, 0.6) is 0 Å². The normalized spacial score (nSPS) is 13.8. The van der Waals surface area contributed by atoms with Crippen LogP contribution in [0.4, 0.5) is 0 Å². The number of halogens is 2. The van der Waals surface area contributed by atoms with Crippen molar-refractivity contribution in [2.75, 3.05) is 11.6 Å². The van der Waals surface area contributed by atoms with Gasteiger partial charge in [0.05, 0.1) is 16.8 Å². The second-order valence-corrected chi connectivity index (χ2v) is 5.82. The first-order chi connectivity index (χ1) is 6.95. The summed E-state index contributed by atoms with van der Waals surface area (Å²) < 4.78 is 23.3. The molecular formula is C9H10Cl2O3S. The van der Waals surface area contributed by atoms with E-state index >= 15 is 0 Å². The van der Waals surface area contributed by atoms with Crippen LogP contribution in [-0.4, -0.2) is 31.3 Å². The van der Waals surface area contributed by atoms with Gasteiger partial charge < -0.3 is 5.11 Å². The molecule has 1 atom stereocenters. The van der Waals surface area contributed by atoms with E-state index in [1.54, 1.807) is 0 Å². The summed E-state index contributed by atoms with van der Waals surface area (Å²) in [5, 5.41) is 9.64. The predicted octanol–water partition coefficient (Wildman–Crippen LogP) is 1.71. The first kappa shape index (κ1) is 12.8. The third-order valence-electron chi connectivity index (χ3n) is 1.76. The molecule has 0 spiro atoms. The number of alkyl halides is 1. The van der Waals surface area contributed by atoms with Gasteiger partial charge in [-0.15, -0.1) is 11.6 Å². The van der Waals surface area contributed by atoms with Crippen molar-refractivity contribution in [3.63, 3.8) is 0 Å². The standard InChI is InChI=1S/C9H10Cl2O3S/c10-5-8(12)6-15(13,14)9-3-1-7(11)2-4-9/h1-4,8,12H,5-6H2/t8-/m0/s1. The van der Waals surface area contributed by atoms with Crippen molar-refractivity contribution >= 4 is 33.0 Å². The van der Waals surface area contributed by atoms with Gasteiger partial charge in [0.2, 0.25) is 0 Å². The number of aliphatic hydroxyl groups is 1. The molecule has 1 N–H and O–H groups in total. The van der Waals surface area contributed by atoms with Crippen molar-refractivity contribution in [1.82, 2.24) is 0 Å². The molecule has 1 aromatic carbocycles. The van der Waals surface area contributed by atoms with Crippen LogP contribution < -0.4 is 0 Å². The Kier molecular flexibility index (Phi) is 4.40. The van der Waals surface area contributed by atoms with Gasteiger partial charge in [0.15, 0.2) is 9.84 Å². The molecule has 0 saturated carbocycles. The molecule has 0 saturated heterocycles. The van der Waals surface area contributed by atoms with Crippen molar-refractivity contribution in [2.24, 2.45) is 0 Å². The van der Waals surface area contributed by atoms with Crippen LogP contribution in [-0.2, 0) is 9.84 Å². The predicted molar refractivity (Wildman–Crippen MR) is 60.2 cm³/mol. The number of sulfone groups is 1. The average Bonchev–Trinajstić information content (AvgIpc) is 2.17. The molecule has 0 unspecified atom stereocenters. The minimum atomic E-state index is -3.48. The Morgan fingerprint density at radius 2 is 1.80 bits per heavy atom. The summed E-state index contributed by atoms with van der Waals surface area (Å²) in [7, 11) is -3.48. The van der Waals surface area contributed by atoms with Crippen molar-refractivity contribution in [3.05, 3.63) is 29.3 Å². The van der Waals surface area contributed by atoms with Crippen molar-refractivity contribution in [1.29, 1.82) is 0 Å². The number of hydrogen-bond acceptors (Lipinski definition) is 3. The zero-order valence-electron chi connectivity index (χ0n) is 7.73. The molecule has 1 rings (SSSR count). The fourth-order valence-corrected chi connectivity index (χ4v) is 2.77. The zero-order valence-corrected chi connectivity index (χ0v) is 10.1. The minimum Gasteiger partial charge on any atom is -0.391 e. The highest BCUT2D eigenvalue weighted by atomic mass is 35.5. The molecule has 0 fully saturated rings. The van der Waals surface area contributed by atoms with E-state index in [4.69, 9.17) is 23.2 Å². The van der Waals surface area contributed by atoms with Gasteiger partial charge in [0, 0.05) is 10.9 Å². The van der Waals surface area contributed by atoms with Gasteiger partial charge in [0.1, 0.15) is 0 Å². The molecule has 1 aromatic rings. The van der Waals surface area contributed by atoms with E-state index in [0.29, 0.717) is 5.02 Å². The SMILES string of the molecule is O=S(=O)(C[C@@H](O)CCl)c1ccc(Cl)cc1. The van der Waals surface area contributed by atoms with Crippen molar-refractivity contribution < 1.29 is 13.5 Å². The van der Waals surface area contributed by atoms with Gasteiger partial charge in [0.25, 0.3) is 0 Å². The molecule has 0 aliphatic heterocycles. The van der Waals surface area contributed by atoms with E-state index in [2.05, 4.69) is 0 Å². The van der Waals surface area contributed by atoms with E-state index in [1.807, 2.05) is 0 Å². The van der Waals surface area contributed by atoms with E-state index in [1.165, 1.54) is 24.3 Å². The Morgan fingerprint density at radius 3 is 2.27 bits per heavy atom. The molecule has 0 radical (unpaired) electrons. The molecular weight excluding hydrogens is 259 g/mol. The lowest BCUT2D eigenvalue weighted by Gasteiger charge is -2.07. The van der Waals surface area contributed by atoms with E-state index in [0.717, 1.165) is 0 Å². The molecule has 0 aromatic heterocycles. The topological polar surface area (TPSA) is 54.4 Å². The van der Waals surface area contributed by atoms with Gasteiger partial charge in [-0.05, 0) is 24.3 Å². The Bertz CT molecular complexity index is 413. The highest BCUT2D eigenvalue weighted by molar-refractivity contribution is 7.91. The van der Waals surface area contributed by atoms with Crippen LogP contribution in [0.2, 0.25) is 5.02 Å². The summed E-state index contributed by atoms with van der Waals surface area (Å²) in [5.41, 5.74) is 0. The lowest BCUT2D eigenvalue weighted by Crippen LogP contribution is -2.22. The molecule has 0 aliphatic rings. The maximum absolute atomic E-state index is 11.7. The third kappa shape index (κ3) is 3.65. The van der Waals surface area contributed by atoms with Crippen LogP contribution in [0, 0.1) is 0 Å². The molecule has 6 heteroatoms. The van der Waals surface area contributed by atoms with Gasteiger partial charge >= 0.3 is 0 Å². The maximum atomic E-state index is 11.7. The Morgan fingerprint density at radius 1 is 1.27 bits per heavy atom. The number of hydrogen-bond donors (Lipinski definition) is 1. The summed E-state index contributed by atoms with van der Waals surface area (Å²) >= 11 is 11.0. The summed E-state index contributed by atoms with van der Waals surface area (Å²) in [6.45, 7) is 0. The van der Waals surface area contributed by atoms with E-state index in [9.17, 15) is 13.5 Å². The molecule has 0 bridgehead atoms. The van der Waals surface area contributed by atoms with Gasteiger partial charge in [-0.2, -0.15) is 0 Å². The monoisotopic (exact) mass is 268 g/mol. The van der Waals surface area contributed by atoms with Crippen LogP contribution in [0.15, 0.2) is 29.2 Å². The van der Waals surface area contributed by atoms with Crippen molar-refractivity contribution in [2.45, 2.75) is 11.0 Å². The molecule has 15 heavy (non-hydrogen) atoms. The highest BCUT2D eigenvalue weighted by Gasteiger charge is 2.18. The summed E-state index contributed by atoms with van der Waals surface area (Å²) in [6, 6.07) is 5.78. The molecule has 0 amide bonds. The smallest absolute Gasteiger partial charge is 0.180 e. The summed E-state index contributed by atoms with van der Waals surface area (Å²) in [5.74, 6) is -0.481. The Labute approximate surface area is 98.6 Å². The maximum Gasteiger partial charge on any atom is 0.180 e. The third-order valence-corrected chi connectivity index (χ3v) is 4.18. The second-order valence-electron chi connectivity index (χ2n) is 3.04. The first-order valence-corrected chi connectivity index (χ1v) is 6.74. The van der Waals surface area contributed by atoms with Crippen LogP contribution in [0.1, 0.15) is 0 Å². The van der Waals surface area contributed by atoms with Gasteiger partial charge in [-0.25, -0.2) is 8.42 Å². The van der Waals surface area contributed by atoms with Gasteiger partial charge in [-0.3, -0.25) is 0 Å².